The van der Waals surface area contributed by atoms with E-state index in [1.165, 1.54) is 10.6 Å². The van der Waals surface area contributed by atoms with Crippen molar-refractivity contribution in [1.82, 2.24) is 9.88 Å². The fourth-order valence-electron chi connectivity index (χ4n) is 1.29. The summed E-state index contributed by atoms with van der Waals surface area (Å²) in [6.07, 6.45) is 2.27. The fraction of sp³-hybridized carbons (Fsp3) is 0.400. The summed E-state index contributed by atoms with van der Waals surface area (Å²) in [5.74, 6) is -1.26. The minimum absolute atomic E-state index is 0.0131. The molecule has 0 unspecified atom stereocenters. The largest absolute Gasteiger partial charge is 0.477 e. The number of hydrogen-bond donors (Lipinski definition) is 3. The van der Waals surface area contributed by atoms with E-state index in [0.717, 1.165) is 0 Å². The molecule has 6 heteroatoms. The second-order valence-corrected chi connectivity index (χ2v) is 3.32. The van der Waals surface area contributed by atoms with E-state index in [9.17, 15) is 9.59 Å². The molecular weight excluding hydrogens is 210 g/mol. The Balaban J connectivity index is 2.49. The molecule has 0 aromatic carbocycles. The highest BCUT2D eigenvalue weighted by molar-refractivity contribution is 5.86. The van der Waals surface area contributed by atoms with Crippen LogP contribution in [0.5, 0.6) is 0 Å². The smallest absolute Gasteiger partial charge is 0.352 e. The predicted octanol–water partition coefficient (Wildman–Crippen LogP) is -0.349. The molecule has 88 valence electrons. The first-order valence-electron chi connectivity index (χ1n) is 5.00. The van der Waals surface area contributed by atoms with Crippen molar-refractivity contribution in [3.05, 3.63) is 24.0 Å². The standard InChI is InChI=1S/C10H15N3O3/c11-4-2-5-12-9(14)7-13-6-1-3-8(13)10(15)16/h1,3,6H,2,4-5,7,11H2,(H,12,14)(H,15,16). The van der Waals surface area contributed by atoms with E-state index in [4.69, 9.17) is 10.8 Å². The van der Waals surface area contributed by atoms with Gasteiger partial charge in [-0.05, 0) is 25.1 Å². The molecule has 0 atom stereocenters. The number of carboxylic acids is 1. The summed E-state index contributed by atoms with van der Waals surface area (Å²) >= 11 is 0. The number of hydrogen-bond acceptors (Lipinski definition) is 3. The number of carbonyl (C=O) groups is 2. The van der Waals surface area contributed by atoms with E-state index in [2.05, 4.69) is 5.32 Å². The number of nitrogens with two attached hydrogens (primary N) is 1. The van der Waals surface area contributed by atoms with Gasteiger partial charge in [-0.25, -0.2) is 4.79 Å². The predicted molar refractivity (Wildman–Crippen MR) is 58.1 cm³/mol. The lowest BCUT2D eigenvalue weighted by atomic mass is 10.4. The lowest BCUT2D eigenvalue weighted by Crippen LogP contribution is -2.30. The molecule has 16 heavy (non-hydrogen) atoms. The molecule has 1 rings (SSSR count). The molecule has 1 aromatic heterocycles. The normalized spacial score (nSPS) is 10.1. The molecule has 0 aliphatic heterocycles. The number of aromatic nitrogens is 1. The number of rotatable bonds is 6. The molecule has 0 spiro atoms. The number of amides is 1. The maximum Gasteiger partial charge on any atom is 0.352 e. The summed E-state index contributed by atoms with van der Waals surface area (Å²) in [6, 6.07) is 3.05. The molecule has 0 saturated carbocycles. The minimum Gasteiger partial charge on any atom is -0.477 e. The summed E-state index contributed by atoms with van der Waals surface area (Å²) in [7, 11) is 0. The van der Waals surface area contributed by atoms with Gasteiger partial charge in [0.25, 0.3) is 0 Å². The zero-order valence-corrected chi connectivity index (χ0v) is 8.85. The van der Waals surface area contributed by atoms with Crippen molar-refractivity contribution >= 4 is 11.9 Å². The van der Waals surface area contributed by atoms with Crippen LogP contribution in [0.25, 0.3) is 0 Å². The van der Waals surface area contributed by atoms with Crippen LogP contribution in [0.15, 0.2) is 18.3 Å². The summed E-state index contributed by atoms with van der Waals surface area (Å²) in [5.41, 5.74) is 5.39. The highest BCUT2D eigenvalue weighted by Crippen LogP contribution is 2.01. The summed E-state index contributed by atoms with van der Waals surface area (Å²) in [6.45, 7) is 1.04. The Bertz CT molecular complexity index is 373. The first-order chi connectivity index (χ1) is 7.65. The zero-order chi connectivity index (χ0) is 12.0. The Labute approximate surface area is 93.0 Å². The average Bonchev–Trinajstić information content (AvgIpc) is 2.66. The van der Waals surface area contributed by atoms with E-state index in [1.807, 2.05) is 0 Å². The summed E-state index contributed by atoms with van der Waals surface area (Å²) < 4.78 is 1.39. The number of aromatic carboxylic acids is 1. The van der Waals surface area contributed by atoms with Crippen LogP contribution in [-0.4, -0.2) is 34.6 Å². The van der Waals surface area contributed by atoms with Crippen LogP contribution >= 0.6 is 0 Å². The van der Waals surface area contributed by atoms with Gasteiger partial charge in [0, 0.05) is 12.7 Å². The Hall–Kier alpha value is -1.82. The van der Waals surface area contributed by atoms with Crippen molar-refractivity contribution in [3.8, 4) is 0 Å². The quantitative estimate of drug-likeness (QED) is 0.576. The van der Waals surface area contributed by atoms with Crippen molar-refractivity contribution in [3.63, 3.8) is 0 Å². The molecule has 0 radical (unpaired) electrons. The first kappa shape index (κ1) is 12.3. The molecule has 4 N–H and O–H groups in total. The lowest BCUT2D eigenvalue weighted by molar-refractivity contribution is -0.121. The van der Waals surface area contributed by atoms with E-state index in [0.29, 0.717) is 19.5 Å². The fourth-order valence-corrected chi connectivity index (χ4v) is 1.29. The Morgan fingerprint density at radius 2 is 2.25 bits per heavy atom. The van der Waals surface area contributed by atoms with Crippen molar-refractivity contribution in [2.75, 3.05) is 13.1 Å². The second-order valence-electron chi connectivity index (χ2n) is 3.32. The monoisotopic (exact) mass is 225 g/mol. The molecule has 1 amide bonds. The van der Waals surface area contributed by atoms with Crippen molar-refractivity contribution in [1.29, 1.82) is 0 Å². The van der Waals surface area contributed by atoms with Crippen molar-refractivity contribution in [2.24, 2.45) is 5.73 Å². The highest BCUT2D eigenvalue weighted by atomic mass is 16.4. The van der Waals surface area contributed by atoms with Crippen molar-refractivity contribution < 1.29 is 14.7 Å². The Morgan fingerprint density at radius 1 is 1.50 bits per heavy atom. The molecule has 0 aliphatic rings. The maximum absolute atomic E-state index is 11.4. The number of nitrogens with one attached hydrogen (secondary N) is 1. The van der Waals surface area contributed by atoms with E-state index >= 15 is 0 Å². The van der Waals surface area contributed by atoms with Gasteiger partial charge in [0.05, 0.1) is 0 Å². The third kappa shape index (κ3) is 3.39. The third-order valence-corrected chi connectivity index (χ3v) is 2.07. The van der Waals surface area contributed by atoms with Gasteiger partial charge in [0.1, 0.15) is 12.2 Å². The van der Waals surface area contributed by atoms with Crippen LogP contribution < -0.4 is 11.1 Å². The van der Waals surface area contributed by atoms with E-state index in [1.54, 1.807) is 12.3 Å². The van der Waals surface area contributed by atoms with Crippen LogP contribution in [0.4, 0.5) is 0 Å². The molecule has 1 aromatic rings. The molecule has 1 heterocycles. The number of carbonyl (C=O) groups excluding carboxylic acids is 1. The van der Waals surface area contributed by atoms with Gasteiger partial charge in [-0.1, -0.05) is 0 Å². The van der Waals surface area contributed by atoms with Crippen LogP contribution in [-0.2, 0) is 11.3 Å². The average molecular weight is 225 g/mol. The minimum atomic E-state index is -1.04. The topological polar surface area (TPSA) is 97.4 Å². The third-order valence-electron chi connectivity index (χ3n) is 2.07. The van der Waals surface area contributed by atoms with Crippen LogP contribution in [0, 0.1) is 0 Å². The Kier molecular flexibility index (Phi) is 4.53. The zero-order valence-electron chi connectivity index (χ0n) is 8.85. The van der Waals surface area contributed by atoms with E-state index in [-0.39, 0.29) is 18.1 Å². The maximum atomic E-state index is 11.4. The molecule has 0 saturated heterocycles. The molecule has 0 bridgehead atoms. The Morgan fingerprint density at radius 3 is 2.88 bits per heavy atom. The van der Waals surface area contributed by atoms with Crippen LogP contribution in [0.2, 0.25) is 0 Å². The number of carboxylic acid groups (broad SMARTS) is 1. The summed E-state index contributed by atoms with van der Waals surface area (Å²) in [5, 5.41) is 11.5. The van der Waals surface area contributed by atoms with Crippen LogP contribution in [0.3, 0.4) is 0 Å². The molecule has 0 aliphatic carbocycles. The van der Waals surface area contributed by atoms with Gasteiger partial charge in [-0.3, -0.25) is 4.79 Å². The van der Waals surface area contributed by atoms with Gasteiger partial charge >= 0.3 is 5.97 Å². The SMILES string of the molecule is NCCCNC(=O)Cn1cccc1C(=O)O. The van der Waals surface area contributed by atoms with Crippen LogP contribution in [0.1, 0.15) is 16.9 Å². The van der Waals surface area contributed by atoms with E-state index < -0.39 is 5.97 Å². The first-order valence-corrected chi connectivity index (χ1v) is 5.00. The lowest BCUT2D eigenvalue weighted by Gasteiger charge is -2.07. The number of nitrogens with zero attached hydrogens (tertiary/aromatic N) is 1. The molecule has 6 nitrogen and oxygen atoms in total. The van der Waals surface area contributed by atoms with Gasteiger partial charge in [-0.2, -0.15) is 0 Å². The van der Waals surface area contributed by atoms with Gasteiger partial charge in [-0.15, -0.1) is 0 Å². The highest BCUT2D eigenvalue weighted by Gasteiger charge is 2.10. The molecule has 0 fully saturated rings. The second kappa shape index (κ2) is 5.92. The van der Waals surface area contributed by atoms with Crippen molar-refractivity contribution in [2.45, 2.75) is 13.0 Å². The molecular formula is C10H15N3O3. The van der Waals surface area contributed by atoms with Gasteiger partial charge < -0.3 is 20.7 Å². The van der Waals surface area contributed by atoms with Gasteiger partial charge in [0.2, 0.25) is 5.91 Å². The summed E-state index contributed by atoms with van der Waals surface area (Å²) in [4.78, 5) is 22.2. The van der Waals surface area contributed by atoms with Gasteiger partial charge in [0.15, 0.2) is 0 Å².